The third kappa shape index (κ3) is 3.21. The van der Waals surface area contributed by atoms with E-state index in [0.29, 0.717) is 18.6 Å². The standard InChI is InChI=1S/C17H17F4NO3/c18-13(9-4-6-11(7-5-9)17(19,20)21)15(23)22-8-10-2-1-3-12(10)14(22)16(24)25/h4-7,10,12-14H,1-3,8H2,(H,24,25). The summed E-state index contributed by atoms with van der Waals surface area (Å²) in [5.41, 5.74) is -1.14. The molecule has 2 aliphatic rings. The number of carboxylic acid groups (broad SMARTS) is 1. The van der Waals surface area contributed by atoms with Crippen LogP contribution in [0.2, 0.25) is 0 Å². The Morgan fingerprint density at radius 3 is 2.36 bits per heavy atom. The smallest absolute Gasteiger partial charge is 0.416 e. The van der Waals surface area contributed by atoms with Crippen LogP contribution in [0.1, 0.15) is 36.6 Å². The fourth-order valence-corrected chi connectivity index (χ4v) is 3.98. The number of rotatable bonds is 3. The Bertz CT molecular complexity index is 673. The van der Waals surface area contributed by atoms with Crippen molar-refractivity contribution in [2.45, 2.75) is 37.7 Å². The second-order valence-corrected chi connectivity index (χ2v) is 6.61. The molecule has 1 aromatic carbocycles. The number of hydrogen-bond acceptors (Lipinski definition) is 2. The van der Waals surface area contributed by atoms with E-state index in [1.807, 2.05) is 0 Å². The Hall–Kier alpha value is -2.12. The molecule has 25 heavy (non-hydrogen) atoms. The maximum Gasteiger partial charge on any atom is 0.416 e. The van der Waals surface area contributed by atoms with E-state index in [1.54, 1.807) is 0 Å². The van der Waals surface area contributed by atoms with Gasteiger partial charge in [0.25, 0.3) is 5.91 Å². The fraction of sp³-hybridized carbons (Fsp3) is 0.529. The van der Waals surface area contributed by atoms with Crippen molar-refractivity contribution in [1.29, 1.82) is 0 Å². The average molecular weight is 359 g/mol. The van der Waals surface area contributed by atoms with Gasteiger partial charge in [-0.15, -0.1) is 0 Å². The van der Waals surface area contributed by atoms with Crippen molar-refractivity contribution in [2.75, 3.05) is 6.54 Å². The van der Waals surface area contributed by atoms with E-state index in [9.17, 15) is 32.3 Å². The van der Waals surface area contributed by atoms with Crippen LogP contribution in [0.3, 0.4) is 0 Å². The lowest BCUT2D eigenvalue weighted by atomic mass is 9.94. The lowest BCUT2D eigenvalue weighted by Crippen LogP contribution is -2.44. The number of carboxylic acids is 1. The zero-order valence-electron chi connectivity index (χ0n) is 13.2. The summed E-state index contributed by atoms with van der Waals surface area (Å²) in [7, 11) is 0. The molecule has 2 fully saturated rings. The molecular weight excluding hydrogens is 342 g/mol. The van der Waals surface area contributed by atoms with Crippen molar-refractivity contribution in [3.8, 4) is 0 Å². The molecule has 1 saturated carbocycles. The highest BCUT2D eigenvalue weighted by Gasteiger charge is 2.50. The van der Waals surface area contributed by atoms with Crippen molar-refractivity contribution in [2.24, 2.45) is 11.8 Å². The summed E-state index contributed by atoms with van der Waals surface area (Å²) in [6.07, 6.45) is -4.35. The van der Waals surface area contributed by atoms with Gasteiger partial charge < -0.3 is 10.0 Å². The van der Waals surface area contributed by atoms with Crippen LogP contribution in [0.4, 0.5) is 17.6 Å². The van der Waals surface area contributed by atoms with Crippen molar-refractivity contribution in [1.82, 2.24) is 4.90 Å². The van der Waals surface area contributed by atoms with Crippen LogP contribution in [0.15, 0.2) is 24.3 Å². The summed E-state index contributed by atoms with van der Waals surface area (Å²) < 4.78 is 52.2. The quantitative estimate of drug-likeness (QED) is 0.842. The summed E-state index contributed by atoms with van der Waals surface area (Å²) in [6.45, 7) is 0.182. The van der Waals surface area contributed by atoms with Gasteiger partial charge in [0, 0.05) is 6.54 Å². The molecule has 4 nitrogen and oxygen atoms in total. The van der Waals surface area contributed by atoms with Crippen molar-refractivity contribution in [3.63, 3.8) is 0 Å². The van der Waals surface area contributed by atoms with E-state index < -0.39 is 35.8 Å². The first kappa shape index (κ1) is 17.7. The van der Waals surface area contributed by atoms with Gasteiger partial charge in [-0.3, -0.25) is 4.79 Å². The molecule has 8 heteroatoms. The van der Waals surface area contributed by atoms with Crippen LogP contribution >= 0.6 is 0 Å². The van der Waals surface area contributed by atoms with Crippen LogP contribution in [0.5, 0.6) is 0 Å². The molecular formula is C17H17F4NO3. The van der Waals surface area contributed by atoms with Crippen LogP contribution in [-0.2, 0) is 15.8 Å². The average Bonchev–Trinajstić information content (AvgIpc) is 3.12. The van der Waals surface area contributed by atoms with Gasteiger partial charge in [0.2, 0.25) is 6.17 Å². The van der Waals surface area contributed by atoms with E-state index in [2.05, 4.69) is 0 Å². The number of amides is 1. The number of fused-ring (bicyclic) bond motifs is 1. The van der Waals surface area contributed by atoms with E-state index in [-0.39, 0.29) is 23.9 Å². The number of nitrogens with zero attached hydrogens (tertiary/aromatic N) is 1. The maximum atomic E-state index is 14.6. The lowest BCUT2D eigenvalue weighted by molar-refractivity contribution is -0.151. The lowest BCUT2D eigenvalue weighted by Gasteiger charge is -2.26. The number of carbonyl (C=O) groups excluding carboxylic acids is 1. The molecule has 1 saturated heterocycles. The number of aliphatic carboxylic acids is 1. The van der Waals surface area contributed by atoms with Gasteiger partial charge in [0.05, 0.1) is 5.56 Å². The van der Waals surface area contributed by atoms with Crippen molar-refractivity contribution in [3.05, 3.63) is 35.4 Å². The minimum atomic E-state index is -4.55. The topological polar surface area (TPSA) is 57.6 Å². The van der Waals surface area contributed by atoms with Crippen molar-refractivity contribution < 1.29 is 32.3 Å². The van der Waals surface area contributed by atoms with Crippen LogP contribution < -0.4 is 0 Å². The molecule has 136 valence electrons. The SMILES string of the molecule is O=C(O)C1C2CCCC2CN1C(=O)C(F)c1ccc(C(F)(F)F)cc1. The summed E-state index contributed by atoms with van der Waals surface area (Å²) >= 11 is 0. The van der Waals surface area contributed by atoms with Gasteiger partial charge in [-0.1, -0.05) is 18.6 Å². The highest BCUT2D eigenvalue weighted by molar-refractivity contribution is 5.88. The number of halogens is 4. The minimum Gasteiger partial charge on any atom is -0.480 e. The predicted octanol–water partition coefficient (Wildman–Crippen LogP) is 3.43. The first-order chi connectivity index (χ1) is 11.7. The van der Waals surface area contributed by atoms with Crippen molar-refractivity contribution >= 4 is 11.9 Å². The Balaban J connectivity index is 1.79. The van der Waals surface area contributed by atoms with E-state index in [0.717, 1.165) is 29.9 Å². The molecule has 4 atom stereocenters. The number of hydrogen-bond donors (Lipinski definition) is 1. The van der Waals surface area contributed by atoms with Crippen LogP contribution in [-0.4, -0.2) is 34.5 Å². The molecule has 1 aliphatic heterocycles. The molecule has 1 aliphatic carbocycles. The first-order valence-corrected chi connectivity index (χ1v) is 8.04. The number of carbonyl (C=O) groups is 2. The van der Waals surface area contributed by atoms with E-state index >= 15 is 0 Å². The second kappa shape index (κ2) is 6.31. The third-order valence-electron chi connectivity index (χ3n) is 5.17. The molecule has 3 rings (SSSR count). The summed E-state index contributed by atoms with van der Waals surface area (Å²) in [5, 5.41) is 9.42. The molecule has 0 spiro atoms. The zero-order chi connectivity index (χ0) is 18.4. The monoisotopic (exact) mass is 359 g/mol. The van der Waals surface area contributed by atoms with E-state index in [4.69, 9.17) is 0 Å². The second-order valence-electron chi connectivity index (χ2n) is 6.61. The molecule has 1 heterocycles. The molecule has 4 unspecified atom stereocenters. The molecule has 1 N–H and O–H groups in total. The molecule has 0 aromatic heterocycles. The highest BCUT2D eigenvalue weighted by Crippen LogP contribution is 2.43. The predicted molar refractivity (Wildman–Crippen MR) is 79.3 cm³/mol. The Kier molecular flexibility index (Phi) is 4.47. The van der Waals surface area contributed by atoms with Gasteiger partial charge in [0.15, 0.2) is 0 Å². The molecule has 0 radical (unpaired) electrons. The number of benzene rings is 1. The fourth-order valence-electron chi connectivity index (χ4n) is 3.98. The third-order valence-corrected chi connectivity index (χ3v) is 5.17. The first-order valence-electron chi connectivity index (χ1n) is 8.04. The zero-order valence-corrected chi connectivity index (χ0v) is 13.2. The summed E-state index contributed by atoms with van der Waals surface area (Å²) in [5.74, 6) is -2.30. The summed E-state index contributed by atoms with van der Waals surface area (Å²) in [4.78, 5) is 25.0. The van der Waals surface area contributed by atoms with Gasteiger partial charge in [0.1, 0.15) is 6.04 Å². The minimum absolute atomic E-state index is 0.0462. The van der Waals surface area contributed by atoms with Gasteiger partial charge in [-0.25, -0.2) is 9.18 Å². The van der Waals surface area contributed by atoms with Gasteiger partial charge >= 0.3 is 12.1 Å². The number of alkyl halides is 4. The van der Waals surface area contributed by atoms with Crippen LogP contribution in [0.25, 0.3) is 0 Å². The highest BCUT2D eigenvalue weighted by atomic mass is 19.4. The Morgan fingerprint density at radius 2 is 1.80 bits per heavy atom. The van der Waals surface area contributed by atoms with Crippen LogP contribution in [0, 0.1) is 11.8 Å². The maximum absolute atomic E-state index is 14.6. The van der Waals surface area contributed by atoms with Gasteiger partial charge in [-0.2, -0.15) is 13.2 Å². The summed E-state index contributed by atoms with van der Waals surface area (Å²) in [6, 6.07) is 2.19. The normalized spacial score (nSPS) is 27.2. The number of likely N-dealkylation sites (tertiary alicyclic amines) is 1. The Morgan fingerprint density at radius 1 is 1.16 bits per heavy atom. The molecule has 1 aromatic rings. The largest absolute Gasteiger partial charge is 0.480 e. The van der Waals surface area contributed by atoms with E-state index in [1.165, 1.54) is 0 Å². The van der Waals surface area contributed by atoms with Gasteiger partial charge in [-0.05, 0) is 42.4 Å². The Labute approximate surface area is 141 Å². The molecule has 1 amide bonds. The molecule has 0 bridgehead atoms.